The van der Waals surface area contributed by atoms with Gasteiger partial charge >= 0.3 is 103 Å². The first-order valence-electron chi connectivity index (χ1n) is 0.730. The van der Waals surface area contributed by atoms with Crippen LogP contribution in [-0.4, -0.2) is 0 Å². The maximum Gasteiger partial charge on any atom is 1.00 e. The molecule has 0 aromatic rings. The van der Waals surface area contributed by atoms with E-state index in [0.29, 0.717) is 0 Å². The van der Waals surface area contributed by atoms with Gasteiger partial charge < -0.3 is 37.8 Å². The molecule has 4 N–H and O–H groups in total. The normalized spacial score (nSPS) is 6.56. The van der Waals surface area contributed by atoms with Crippen molar-refractivity contribution in [3.05, 3.63) is 0 Å². The van der Waals surface area contributed by atoms with E-state index in [2.05, 4.69) is 0 Å². The Labute approximate surface area is 144 Å². The number of hydrogen-bond acceptors (Lipinski definition) is 4. The molecule has 0 fully saturated rings. The third kappa shape index (κ3) is 81.8. The van der Waals surface area contributed by atoms with Crippen LogP contribution in [-0.2, 0) is 4.57 Å². The fraction of sp³-hybridized carbons (Fsp3) is 0. The Balaban J connectivity index is -0.0000000133. The third-order valence-electron chi connectivity index (χ3n) is 0. The monoisotopic (exact) mass is 226 g/mol. The molecule has 0 bridgehead atoms. The van der Waals surface area contributed by atoms with Gasteiger partial charge in [-0.1, -0.05) is 0 Å². The van der Waals surface area contributed by atoms with Gasteiger partial charge in [0.1, 0.15) is 0 Å². The zero-order valence-corrected chi connectivity index (χ0v) is 13.4. The van der Waals surface area contributed by atoms with E-state index in [1.54, 1.807) is 0 Å². The van der Waals surface area contributed by atoms with Crippen LogP contribution in [0.3, 0.4) is 0 Å². The summed E-state index contributed by atoms with van der Waals surface area (Å²) >= 11 is 0. The van der Waals surface area contributed by atoms with Crippen molar-refractivity contribution in [2.75, 3.05) is 0 Å². The van der Waals surface area contributed by atoms with Crippen LogP contribution in [0.25, 0.3) is 0 Å². The zero-order valence-electron chi connectivity index (χ0n) is 5.46. The number of quaternary nitrogens is 1. The van der Waals surface area contributed by atoms with E-state index in [1.807, 2.05) is 0 Å². The Morgan fingerprint density at radius 2 is 1.00 bits per heavy atom. The molecule has 0 saturated carbocycles. The van der Waals surface area contributed by atoms with E-state index in [9.17, 15) is 0 Å². The molecule has 0 aliphatic carbocycles. The summed E-state index contributed by atoms with van der Waals surface area (Å²) < 4.78 is 8.55. The van der Waals surface area contributed by atoms with Gasteiger partial charge in [-0.05, 0) is 0 Å². The third-order valence-corrected chi connectivity index (χ3v) is 0. The number of rotatable bonds is 0. The maximum absolute atomic E-state index is 8.55. The average molecular weight is 227 g/mol. The summed E-state index contributed by atoms with van der Waals surface area (Å²) in [7, 11) is -5.39. The van der Waals surface area contributed by atoms with E-state index in [0.717, 1.165) is 0 Å². The summed E-state index contributed by atoms with van der Waals surface area (Å²) in [6, 6.07) is 0. The van der Waals surface area contributed by atoms with Crippen LogP contribution < -0.4 is 136 Å². The Morgan fingerprint density at radius 1 is 1.00 bits per heavy atom. The molecule has 0 spiro atoms. The van der Waals surface area contributed by atoms with Crippen LogP contribution in [0, 0.1) is 0 Å². The molecule has 0 aromatic heterocycles. The number of halogens is 1. The van der Waals surface area contributed by atoms with Crippen molar-refractivity contribution >= 4 is 7.82 Å². The van der Waals surface area contributed by atoms with Crippen molar-refractivity contribution in [2.45, 2.75) is 0 Å². The molecule has 9 heavy (non-hydrogen) atoms. The fourth-order valence-electron chi connectivity index (χ4n) is 0. The molecule has 0 saturated heterocycles. The second-order valence-electron chi connectivity index (χ2n) is 0.447. The van der Waals surface area contributed by atoms with Gasteiger partial charge in [-0.25, -0.2) is 0 Å². The first-order chi connectivity index (χ1) is 2.00. The SMILES string of the molecule is O=P([O-])([O-])[O-].[Cl-].[K+].[K+].[NH4+]. The van der Waals surface area contributed by atoms with Crippen LogP contribution >= 0.6 is 7.82 Å². The van der Waals surface area contributed by atoms with Crippen LogP contribution in [0.15, 0.2) is 0 Å². The van der Waals surface area contributed by atoms with Gasteiger partial charge in [0.25, 0.3) is 0 Å². The minimum atomic E-state index is -5.39. The van der Waals surface area contributed by atoms with E-state index in [-0.39, 0.29) is 121 Å². The predicted octanol–water partition coefficient (Wildman–Crippen LogP) is -11.4. The van der Waals surface area contributed by atoms with Crippen LogP contribution in [0.2, 0.25) is 0 Å². The Bertz CT molecular complexity index is 64.7. The molecule has 0 amide bonds. The molecule has 0 aromatic carbocycles. The number of hydrogen-bond donors (Lipinski definition) is 1. The fourth-order valence-corrected chi connectivity index (χ4v) is 0. The largest absolute Gasteiger partial charge is 1.00 e. The molecule has 0 rings (SSSR count). The van der Waals surface area contributed by atoms with Crippen molar-refractivity contribution in [3.63, 3.8) is 0 Å². The molecule has 9 heteroatoms. The minimum absolute atomic E-state index is 0. The second-order valence-corrected chi connectivity index (χ2v) is 1.34. The average Bonchev–Trinajstić information content (AvgIpc) is 0.722. The predicted molar refractivity (Wildman–Crippen MR) is 13.6 cm³/mol. The van der Waals surface area contributed by atoms with Gasteiger partial charge in [0.2, 0.25) is 0 Å². The van der Waals surface area contributed by atoms with Crippen molar-refractivity contribution in [2.24, 2.45) is 0 Å². The van der Waals surface area contributed by atoms with Crippen LogP contribution in [0.1, 0.15) is 0 Å². The standard InChI is InChI=1S/ClH.2K.H3N.H3O4P/c;;;;1-5(2,3)4/h1H;;;1H3;(H3,1,2,3,4)/q;2*+1;;/p-3. The molecule has 0 aliphatic rings. The van der Waals surface area contributed by atoms with Crippen molar-refractivity contribution in [3.8, 4) is 0 Å². The van der Waals surface area contributed by atoms with Gasteiger partial charge in [-0.3, -0.25) is 0 Å². The van der Waals surface area contributed by atoms with E-state index < -0.39 is 7.82 Å². The molecule has 0 unspecified atom stereocenters. The summed E-state index contributed by atoms with van der Waals surface area (Å²) in [6.45, 7) is 0. The van der Waals surface area contributed by atoms with Crippen molar-refractivity contribution in [1.82, 2.24) is 6.15 Å². The van der Waals surface area contributed by atoms with Gasteiger partial charge in [0, 0.05) is 0 Å². The Hall–Kier alpha value is 3.63. The Morgan fingerprint density at radius 3 is 1.00 bits per heavy atom. The van der Waals surface area contributed by atoms with Gasteiger partial charge in [0.15, 0.2) is 0 Å². The minimum Gasteiger partial charge on any atom is -1.00 e. The van der Waals surface area contributed by atoms with Gasteiger partial charge in [-0.2, -0.15) is 7.82 Å². The van der Waals surface area contributed by atoms with Gasteiger partial charge in [0.05, 0.1) is 0 Å². The van der Waals surface area contributed by atoms with Crippen LogP contribution in [0.5, 0.6) is 0 Å². The quantitative estimate of drug-likeness (QED) is 0.325. The summed E-state index contributed by atoms with van der Waals surface area (Å²) in [5.74, 6) is 0. The second kappa shape index (κ2) is 14.2. The van der Waals surface area contributed by atoms with E-state index in [4.69, 9.17) is 19.2 Å². The number of phosphoric acid groups is 1. The molecule has 48 valence electrons. The van der Waals surface area contributed by atoms with E-state index in [1.165, 1.54) is 0 Å². The Kier molecular flexibility index (Phi) is 46.2. The molecular weight excluding hydrogens is 223 g/mol. The maximum atomic E-state index is 8.55. The van der Waals surface area contributed by atoms with Crippen molar-refractivity contribution < 1.29 is 134 Å². The smallest absolute Gasteiger partial charge is 1.00 e. The topological polar surface area (TPSA) is 123 Å². The summed E-state index contributed by atoms with van der Waals surface area (Å²) in [5, 5.41) is 0. The summed E-state index contributed by atoms with van der Waals surface area (Å²) in [4.78, 5) is 25.6. The molecule has 0 heterocycles. The molecular formula is H4ClK2NO4P-. The zero-order chi connectivity index (χ0) is 4.50. The first-order valence-corrected chi connectivity index (χ1v) is 2.19. The molecule has 5 nitrogen and oxygen atoms in total. The van der Waals surface area contributed by atoms with Crippen molar-refractivity contribution in [1.29, 1.82) is 0 Å². The summed E-state index contributed by atoms with van der Waals surface area (Å²) in [5.41, 5.74) is 0. The summed E-state index contributed by atoms with van der Waals surface area (Å²) in [6.07, 6.45) is 0. The van der Waals surface area contributed by atoms with E-state index >= 15 is 0 Å². The molecule has 0 aliphatic heterocycles. The molecule has 0 radical (unpaired) electrons. The van der Waals surface area contributed by atoms with Crippen LogP contribution in [0.4, 0.5) is 0 Å². The molecule has 0 atom stereocenters. The van der Waals surface area contributed by atoms with Gasteiger partial charge in [-0.15, -0.1) is 0 Å². The first kappa shape index (κ1) is 29.3.